The van der Waals surface area contributed by atoms with Crippen LogP contribution in [0.2, 0.25) is 0 Å². The molecular weight excluding hydrogens is 1600 g/mol. The Bertz CT molecular complexity index is 8940. The van der Waals surface area contributed by atoms with E-state index < -0.39 is 0 Å². The summed E-state index contributed by atoms with van der Waals surface area (Å²) in [5, 5.41) is 25.4. The lowest BCUT2D eigenvalue weighted by Crippen LogP contribution is -1.95. The molecule has 0 fully saturated rings. The van der Waals surface area contributed by atoms with Gasteiger partial charge >= 0.3 is 0 Å². The second-order valence-electron chi connectivity index (χ2n) is 34.7. The van der Waals surface area contributed by atoms with Crippen molar-refractivity contribution >= 4 is 141 Å². The minimum atomic E-state index is 1.16. The second kappa shape index (κ2) is 33.0. The molecule has 3 nitrogen and oxygen atoms in total. The molecule has 0 saturated heterocycles. The summed E-state index contributed by atoms with van der Waals surface area (Å²) in [5.41, 5.74) is 30.8. The normalized spacial score (nSPS) is 11.6. The van der Waals surface area contributed by atoms with Crippen LogP contribution < -0.4 is 0 Å². The number of hydrogen-bond acceptors (Lipinski definition) is 0. The molecule has 0 saturated carbocycles. The zero-order valence-electron chi connectivity index (χ0n) is 72.9. The van der Waals surface area contributed by atoms with E-state index in [-0.39, 0.29) is 0 Å². The standard InChI is InChI=1S/2C44H29N.C42H27N/c1-2-14-30(15-3-1)31-16-12-17-32(28-31)43-37-22-4-6-24-39(37)44(40-25-7-5-23-38(40)43)33-18-13-19-34(29-33)45-41-26-10-8-20-35(41)36-21-9-11-27-42(36)45;1-2-13-30(14-3-1)31-25-27-32(28-26-31)43-37-19-4-6-21-39(37)44(40-22-7-5-20-38(40)43)33-15-12-16-34(29-33)45-41-23-10-8-17-35(41)36-18-9-11-24-42(36)45;1-2-13-29-26-31(25-24-28(29)12-1)42-37-20-5-3-18-35(37)41(36-19-4-6-21-38(36)42)30-14-11-15-32(27-30)43-39-22-9-7-16-33(39)34-17-8-10-23-40(34)43/h2*1-29H;1-27H. The van der Waals surface area contributed by atoms with Gasteiger partial charge in [-0.05, 0) is 249 Å². The van der Waals surface area contributed by atoms with E-state index in [4.69, 9.17) is 0 Å². The second-order valence-corrected chi connectivity index (χ2v) is 34.7. The van der Waals surface area contributed by atoms with Gasteiger partial charge in [-0.3, -0.25) is 0 Å². The van der Waals surface area contributed by atoms with E-state index in [1.54, 1.807) is 0 Å². The van der Waals surface area contributed by atoms with E-state index in [1.165, 1.54) is 241 Å². The van der Waals surface area contributed by atoms with Gasteiger partial charge in [0, 0.05) is 49.4 Å². The number of hydrogen-bond donors (Lipinski definition) is 0. The molecule has 0 aliphatic rings. The molecule has 0 spiro atoms. The van der Waals surface area contributed by atoms with Gasteiger partial charge in [0.1, 0.15) is 0 Å². The molecule has 0 aliphatic carbocycles. The monoisotopic (exact) mass is 1690 g/mol. The van der Waals surface area contributed by atoms with Gasteiger partial charge in [0.2, 0.25) is 0 Å². The molecule has 3 aromatic heterocycles. The summed E-state index contributed by atoms with van der Waals surface area (Å²) in [6.07, 6.45) is 0. The number of benzene rings is 24. The summed E-state index contributed by atoms with van der Waals surface area (Å²) in [4.78, 5) is 0. The van der Waals surface area contributed by atoms with Crippen LogP contribution in [0.15, 0.2) is 516 Å². The zero-order chi connectivity index (χ0) is 87.8. The lowest BCUT2D eigenvalue weighted by atomic mass is 9.85. The quantitative estimate of drug-likeness (QED) is 0.115. The zero-order valence-corrected chi connectivity index (χ0v) is 72.9. The Morgan fingerprint density at radius 1 is 0.0977 bits per heavy atom. The van der Waals surface area contributed by atoms with Crippen molar-refractivity contribution in [2.45, 2.75) is 0 Å². The van der Waals surface area contributed by atoms with Crippen LogP contribution in [0.25, 0.3) is 247 Å². The third-order valence-electron chi connectivity index (χ3n) is 27.3. The third-order valence-corrected chi connectivity index (χ3v) is 27.3. The molecule has 3 heterocycles. The van der Waals surface area contributed by atoms with Crippen LogP contribution in [0.5, 0.6) is 0 Å². The van der Waals surface area contributed by atoms with Crippen LogP contribution >= 0.6 is 0 Å². The van der Waals surface area contributed by atoms with E-state index in [0.717, 1.165) is 5.69 Å². The molecule has 0 amide bonds. The first kappa shape index (κ1) is 77.8. The molecule has 0 atom stereocenters. The number of aromatic nitrogens is 3. The maximum absolute atomic E-state index is 2.40. The highest BCUT2D eigenvalue weighted by Crippen LogP contribution is 2.50. The Balaban J connectivity index is 0.000000107. The van der Waals surface area contributed by atoms with E-state index in [0.29, 0.717) is 0 Å². The van der Waals surface area contributed by atoms with E-state index in [9.17, 15) is 0 Å². The summed E-state index contributed by atoms with van der Waals surface area (Å²) in [5.74, 6) is 0. The minimum absolute atomic E-state index is 1.16. The van der Waals surface area contributed by atoms with Crippen molar-refractivity contribution in [3.8, 4) is 106 Å². The minimum Gasteiger partial charge on any atom is -0.309 e. The van der Waals surface area contributed by atoms with Crippen molar-refractivity contribution in [2.24, 2.45) is 0 Å². The molecule has 133 heavy (non-hydrogen) atoms. The lowest BCUT2D eigenvalue weighted by molar-refractivity contribution is 1.18. The smallest absolute Gasteiger partial charge is 0.0541 e. The first-order valence-corrected chi connectivity index (χ1v) is 45.9. The highest BCUT2D eigenvalue weighted by atomic mass is 15.0. The molecule has 27 aromatic rings. The fourth-order valence-corrected chi connectivity index (χ4v) is 21.5. The van der Waals surface area contributed by atoms with Crippen molar-refractivity contribution in [1.29, 1.82) is 0 Å². The number of rotatable bonds is 11. The fourth-order valence-electron chi connectivity index (χ4n) is 21.5. The van der Waals surface area contributed by atoms with Crippen LogP contribution in [0, 0.1) is 0 Å². The van der Waals surface area contributed by atoms with Crippen LogP contribution in [0.1, 0.15) is 0 Å². The van der Waals surface area contributed by atoms with E-state index in [2.05, 4.69) is 529 Å². The number of fused-ring (bicyclic) bond motifs is 16. The average Bonchev–Trinajstić information content (AvgIpc) is 1.73. The average molecular weight is 1690 g/mol. The summed E-state index contributed by atoms with van der Waals surface area (Å²) < 4.78 is 7.21. The third kappa shape index (κ3) is 13.4. The molecule has 3 heteroatoms. The van der Waals surface area contributed by atoms with Gasteiger partial charge in [0.05, 0.1) is 33.1 Å². The highest BCUT2D eigenvalue weighted by molar-refractivity contribution is 6.25. The first-order chi connectivity index (χ1) is 66.0. The summed E-state index contributed by atoms with van der Waals surface area (Å²) in [7, 11) is 0. The van der Waals surface area contributed by atoms with Crippen LogP contribution in [0.4, 0.5) is 0 Å². The molecule has 620 valence electrons. The molecule has 24 aromatic carbocycles. The van der Waals surface area contributed by atoms with E-state index >= 15 is 0 Å². The Kier molecular flexibility index (Phi) is 19.3. The summed E-state index contributed by atoms with van der Waals surface area (Å²) in [6.45, 7) is 0. The number of nitrogens with zero attached hydrogens (tertiary/aromatic N) is 3. The predicted molar refractivity (Wildman–Crippen MR) is 568 cm³/mol. The lowest BCUT2D eigenvalue weighted by Gasteiger charge is -2.19. The molecule has 0 N–H and O–H groups in total. The van der Waals surface area contributed by atoms with Crippen LogP contribution in [-0.4, -0.2) is 13.7 Å². The predicted octanol–water partition coefficient (Wildman–Crippen LogP) is 35.8. The fraction of sp³-hybridized carbons (Fsp3) is 0. The van der Waals surface area contributed by atoms with Gasteiger partial charge in [-0.1, -0.05) is 431 Å². The summed E-state index contributed by atoms with van der Waals surface area (Å²) >= 11 is 0. The van der Waals surface area contributed by atoms with Gasteiger partial charge in [0.15, 0.2) is 0 Å². The summed E-state index contributed by atoms with van der Waals surface area (Å²) in [6, 6.07) is 188. The van der Waals surface area contributed by atoms with Crippen molar-refractivity contribution in [2.75, 3.05) is 0 Å². The topological polar surface area (TPSA) is 14.8 Å². The van der Waals surface area contributed by atoms with Gasteiger partial charge < -0.3 is 13.7 Å². The largest absolute Gasteiger partial charge is 0.309 e. The van der Waals surface area contributed by atoms with Crippen molar-refractivity contribution in [1.82, 2.24) is 13.7 Å². The van der Waals surface area contributed by atoms with Gasteiger partial charge in [-0.2, -0.15) is 0 Å². The molecule has 27 rings (SSSR count). The van der Waals surface area contributed by atoms with E-state index in [1.807, 2.05) is 0 Å². The van der Waals surface area contributed by atoms with Gasteiger partial charge in [0.25, 0.3) is 0 Å². The van der Waals surface area contributed by atoms with Crippen molar-refractivity contribution in [3.63, 3.8) is 0 Å². The van der Waals surface area contributed by atoms with Crippen LogP contribution in [-0.2, 0) is 0 Å². The Morgan fingerprint density at radius 2 is 0.286 bits per heavy atom. The van der Waals surface area contributed by atoms with Gasteiger partial charge in [-0.25, -0.2) is 0 Å². The maximum atomic E-state index is 2.40. The first-order valence-electron chi connectivity index (χ1n) is 45.9. The van der Waals surface area contributed by atoms with Crippen LogP contribution in [0.3, 0.4) is 0 Å². The Morgan fingerprint density at radius 3 is 0.586 bits per heavy atom. The molecule has 0 radical (unpaired) electrons. The van der Waals surface area contributed by atoms with Crippen molar-refractivity contribution in [3.05, 3.63) is 516 Å². The Labute approximate surface area is 770 Å². The molecule has 0 aliphatic heterocycles. The van der Waals surface area contributed by atoms with Crippen molar-refractivity contribution < 1.29 is 0 Å². The highest BCUT2D eigenvalue weighted by Gasteiger charge is 2.25. The number of para-hydroxylation sites is 6. The SMILES string of the molecule is c1cc(-c2c3ccccc3c(-c3ccc4ccccc4c3)c3ccccc23)cc(-n2c3ccccc3c3ccccc32)c1.c1ccc(-c2ccc(-c3c4ccccc4c(-c4cccc(-n5c6ccccc6c6ccccc65)c4)c4ccccc34)cc2)cc1.c1ccc(-c2cccc(-c3c4ccccc4c(-c4cccc(-n5c6ccccc6c6ccccc65)c4)c4ccccc34)c2)cc1. The molecular formula is C130H85N3. The molecule has 0 unspecified atom stereocenters. The molecule has 0 bridgehead atoms. The van der Waals surface area contributed by atoms with Gasteiger partial charge in [-0.15, -0.1) is 0 Å². The Hall–Kier alpha value is -17.5. The maximum Gasteiger partial charge on any atom is 0.0541 e.